The van der Waals surface area contributed by atoms with E-state index >= 15 is 0 Å². The summed E-state index contributed by atoms with van der Waals surface area (Å²) in [5.41, 5.74) is 1.06. The highest BCUT2D eigenvalue weighted by molar-refractivity contribution is 14.0. The molecule has 0 aliphatic carbocycles. The van der Waals surface area contributed by atoms with E-state index in [4.69, 9.17) is 9.47 Å². The molecule has 0 amide bonds. The number of ether oxygens (including phenoxy) is 2. The summed E-state index contributed by atoms with van der Waals surface area (Å²) in [4.78, 5) is 8.52. The fourth-order valence-corrected chi connectivity index (χ4v) is 2.22. The lowest BCUT2D eigenvalue weighted by Gasteiger charge is -2.16. The largest absolute Gasteiger partial charge is 0.494 e. The number of aromatic nitrogens is 1. The SMILES string of the molecule is CCOc1ccc(Oc2cc(CNC(=NC)NC(C)CC)ccn2)cc1.I. The Morgan fingerprint density at radius 3 is 2.48 bits per heavy atom. The van der Waals surface area contributed by atoms with Gasteiger partial charge in [0.25, 0.3) is 0 Å². The van der Waals surface area contributed by atoms with Crippen LogP contribution in [0.3, 0.4) is 0 Å². The van der Waals surface area contributed by atoms with Crippen LogP contribution in [0.5, 0.6) is 17.4 Å². The van der Waals surface area contributed by atoms with Gasteiger partial charge in [-0.2, -0.15) is 0 Å². The smallest absolute Gasteiger partial charge is 0.219 e. The van der Waals surface area contributed by atoms with Gasteiger partial charge in [0.1, 0.15) is 11.5 Å². The predicted molar refractivity (Wildman–Crippen MR) is 120 cm³/mol. The van der Waals surface area contributed by atoms with E-state index in [9.17, 15) is 0 Å². The van der Waals surface area contributed by atoms with E-state index in [1.54, 1.807) is 13.2 Å². The molecular formula is C20H29IN4O2. The Labute approximate surface area is 178 Å². The second-order valence-corrected chi connectivity index (χ2v) is 5.89. The van der Waals surface area contributed by atoms with E-state index in [2.05, 4.69) is 34.5 Å². The van der Waals surface area contributed by atoms with Crippen molar-refractivity contribution < 1.29 is 9.47 Å². The van der Waals surface area contributed by atoms with Crippen LogP contribution in [0.25, 0.3) is 0 Å². The van der Waals surface area contributed by atoms with E-state index in [1.807, 2.05) is 43.3 Å². The summed E-state index contributed by atoms with van der Waals surface area (Å²) in [6, 6.07) is 11.8. The molecule has 2 rings (SSSR count). The van der Waals surface area contributed by atoms with Crippen LogP contribution in [0, 0.1) is 0 Å². The van der Waals surface area contributed by atoms with Crippen molar-refractivity contribution in [1.82, 2.24) is 15.6 Å². The van der Waals surface area contributed by atoms with Gasteiger partial charge in [-0.3, -0.25) is 4.99 Å². The predicted octanol–water partition coefficient (Wildman–Crippen LogP) is 4.35. The molecule has 0 saturated heterocycles. The van der Waals surface area contributed by atoms with Crippen molar-refractivity contribution in [3.05, 3.63) is 48.2 Å². The van der Waals surface area contributed by atoms with Crippen LogP contribution in [0.2, 0.25) is 0 Å². The highest BCUT2D eigenvalue weighted by Gasteiger charge is 2.05. The zero-order chi connectivity index (χ0) is 18.8. The van der Waals surface area contributed by atoms with Crippen molar-refractivity contribution in [1.29, 1.82) is 0 Å². The summed E-state index contributed by atoms with van der Waals surface area (Å²) in [5.74, 6) is 2.88. The third-order valence-electron chi connectivity index (χ3n) is 3.84. The number of nitrogens with zero attached hydrogens (tertiary/aromatic N) is 2. The van der Waals surface area contributed by atoms with Gasteiger partial charge < -0.3 is 20.1 Å². The Morgan fingerprint density at radius 1 is 1.15 bits per heavy atom. The molecule has 0 fully saturated rings. The molecule has 0 aliphatic heterocycles. The molecule has 6 nitrogen and oxygen atoms in total. The number of aliphatic imine (C=N–C) groups is 1. The summed E-state index contributed by atoms with van der Waals surface area (Å²) in [6.45, 7) is 7.51. The number of hydrogen-bond donors (Lipinski definition) is 2. The molecule has 0 spiro atoms. The molecule has 1 atom stereocenters. The van der Waals surface area contributed by atoms with Crippen molar-refractivity contribution in [3.8, 4) is 17.4 Å². The molecule has 0 aliphatic rings. The molecule has 0 saturated carbocycles. The van der Waals surface area contributed by atoms with Crippen LogP contribution in [-0.2, 0) is 6.54 Å². The van der Waals surface area contributed by atoms with Crippen molar-refractivity contribution >= 4 is 29.9 Å². The van der Waals surface area contributed by atoms with Gasteiger partial charge in [-0.15, -0.1) is 24.0 Å². The minimum absolute atomic E-state index is 0. The van der Waals surface area contributed by atoms with E-state index in [-0.39, 0.29) is 24.0 Å². The molecule has 27 heavy (non-hydrogen) atoms. The number of rotatable bonds is 8. The van der Waals surface area contributed by atoms with Crippen molar-refractivity contribution in [2.45, 2.75) is 39.8 Å². The van der Waals surface area contributed by atoms with Crippen molar-refractivity contribution in [3.63, 3.8) is 0 Å². The average Bonchev–Trinajstić information content (AvgIpc) is 2.67. The van der Waals surface area contributed by atoms with Gasteiger partial charge >= 0.3 is 0 Å². The van der Waals surface area contributed by atoms with Gasteiger partial charge in [0.05, 0.1) is 6.61 Å². The first-order valence-corrected chi connectivity index (χ1v) is 8.97. The molecule has 148 valence electrons. The van der Waals surface area contributed by atoms with Gasteiger partial charge in [-0.25, -0.2) is 4.98 Å². The minimum Gasteiger partial charge on any atom is -0.494 e. The fourth-order valence-electron chi connectivity index (χ4n) is 2.22. The van der Waals surface area contributed by atoms with Crippen LogP contribution in [-0.4, -0.2) is 30.6 Å². The van der Waals surface area contributed by atoms with Crippen molar-refractivity contribution in [2.24, 2.45) is 4.99 Å². The number of hydrogen-bond acceptors (Lipinski definition) is 4. The summed E-state index contributed by atoms with van der Waals surface area (Å²) < 4.78 is 11.3. The van der Waals surface area contributed by atoms with Gasteiger partial charge in [0, 0.05) is 31.9 Å². The van der Waals surface area contributed by atoms with Crippen LogP contribution >= 0.6 is 24.0 Å². The van der Waals surface area contributed by atoms with E-state index in [0.717, 1.165) is 29.4 Å². The van der Waals surface area contributed by atoms with E-state index in [0.29, 0.717) is 25.1 Å². The zero-order valence-electron chi connectivity index (χ0n) is 16.4. The normalized spacial score (nSPS) is 11.9. The number of benzene rings is 1. The molecule has 2 aromatic rings. The topological polar surface area (TPSA) is 67.8 Å². The maximum absolute atomic E-state index is 5.83. The number of guanidine groups is 1. The maximum Gasteiger partial charge on any atom is 0.219 e. The first-order valence-electron chi connectivity index (χ1n) is 8.97. The Morgan fingerprint density at radius 2 is 1.85 bits per heavy atom. The number of nitrogens with one attached hydrogen (secondary N) is 2. The molecule has 1 unspecified atom stereocenters. The summed E-state index contributed by atoms with van der Waals surface area (Å²) >= 11 is 0. The zero-order valence-corrected chi connectivity index (χ0v) is 18.7. The summed E-state index contributed by atoms with van der Waals surface area (Å²) in [5, 5.41) is 6.64. The van der Waals surface area contributed by atoms with E-state index < -0.39 is 0 Å². The summed E-state index contributed by atoms with van der Waals surface area (Å²) in [6.07, 6.45) is 2.78. The maximum atomic E-state index is 5.83. The van der Waals surface area contributed by atoms with Crippen molar-refractivity contribution in [2.75, 3.05) is 13.7 Å². The second-order valence-electron chi connectivity index (χ2n) is 5.89. The standard InChI is InChI=1S/C20H28N4O2.HI/c1-5-15(3)24-20(21-4)23-14-16-11-12-22-19(13-16)26-18-9-7-17(8-10-18)25-6-2;/h7-13,15H,5-6,14H2,1-4H3,(H2,21,23,24);1H. The minimum atomic E-state index is 0. The third kappa shape index (κ3) is 8.03. The molecule has 2 N–H and O–H groups in total. The monoisotopic (exact) mass is 484 g/mol. The van der Waals surface area contributed by atoms with Crippen LogP contribution in [0.1, 0.15) is 32.8 Å². The van der Waals surface area contributed by atoms with Gasteiger partial charge in [0.15, 0.2) is 5.96 Å². The average molecular weight is 484 g/mol. The number of halogens is 1. The molecule has 1 heterocycles. The molecule has 7 heteroatoms. The first kappa shape index (κ1) is 23.0. The number of pyridine rings is 1. The molecule has 0 bridgehead atoms. The van der Waals surface area contributed by atoms with Gasteiger partial charge in [-0.1, -0.05) is 6.92 Å². The van der Waals surface area contributed by atoms with Crippen LogP contribution in [0.15, 0.2) is 47.6 Å². The van der Waals surface area contributed by atoms with Crippen LogP contribution < -0.4 is 20.1 Å². The molecular weight excluding hydrogens is 455 g/mol. The Kier molecular flexibility index (Phi) is 10.5. The van der Waals surface area contributed by atoms with Gasteiger partial charge in [0.2, 0.25) is 5.88 Å². The lowest BCUT2D eigenvalue weighted by molar-refractivity contribution is 0.339. The Bertz CT molecular complexity index is 707. The Balaban J connectivity index is 0.00000364. The quantitative estimate of drug-likeness (QED) is 0.331. The molecule has 0 radical (unpaired) electrons. The summed E-state index contributed by atoms with van der Waals surface area (Å²) in [7, 11) is 1.77. The fraction of sp³-hybridized carbons (Fsp3) is 0.400. The second kappa shape index (κ2) is 12.4. The molecule has 1 aromatic heterocycles. The molecule has 1 aromatic carbocycles. The third-order valence-corrected chi connectivity index (χ3v) is 3.84. The lowest BCUT2D eigenvalue weighted by Crippen LogP contribution is -2.41. The van der Waals surface area contributed by atoms with Gasteiger partial charge in [-0.05, 0) is 56.2 Å². The van der Waals surface area contributed by atoms with Crippen LogP contribution in [0.4, 0.5) is 0 Å². The highest BCUT2D eigenvalue weighted by Crippen LogP contribution is 2.23. The Hall–Kier alpha value is -2.03. The highest BCUT2D eigenvalue weighted by atomic mass is 127. The first-order chi connectivity index (χ1) is 12.6. The lowest BCUT2D eigenvalue weighted by atomic mass is 10.2. The van der Waals surface area contributed by atoms with E-state index in [1.165, 1.54) is 0 Å².